The van der Waals surface area contributed by atoms with Crippen molar-refractivity contribution in [1.29, 1.82) is 0 Å². The average Bonchev–Trinajstić information content (AvgIpc) is 2.72. The molecule has 0 radical (unpaired) electrons. The maximum absolute atomic E-state index is 13.0. The zero-order valence-corrected chi connectivity index (χ0v) is 19.6. The fourth-order valence-electron chi connectivity index (χ4n) is 2.80. The van der Waals surface area contributed by atoms with Crippen LogP contribution in [0.5, 0.6) is 0 Å². The van der Waals surface area contributed by atoms with Crippen molar-refractivity contribution >= 4 is 39.5 Å². The van der Waals surface area contributed by atoms with E-state index in [2.05, 4.69) is 21.2 Å². The molecule has 0 bridgehead atoms. The van der Waals surface area contributed by atoms with Gasteiger partial charge in [-0.25, -0.2) is 0 Å². The van der Waals surface area contributed by atoms with Gasteiger partial charge >= 0.3 is 0 Å². The van der Waals surface area contributed by atoms with Gasteiger partial charge in [-0.1, -0.05) is 53.2 Å². The molecular weight excluding hydrogens is 448 g/mol. The Morgan fingerprint density at radius 1 is 1.10 bits per heavy atom. The number of nitrogens with zero attached hydrogens (tertiary/aromatic N) is 1. The van der Waals surface area contributed by atoms with Gasteiger partial charge in [0.25, 0.3) is 0 Å². The molecule has 2 atom stereocenters. The summed E-state index contributed by atoms with van der Waals surface area (Å²) < 4.78 is 0.957. The van der Waals surface area contributed by atoms with Gasteiger partial charge in [0, 0.05) is 34.1 Å². The Labute approximate surface area is 186 Å². The van der Waals surface area contributed by atoms with Crippen LogP contribution in [-0.2, 0) is 16.1 Å². The molecule has 2 rings (SSSR count). The number of rotatable bonds is 10. The van der Waals surface area contributed by atoms with E-state index in [0.717, 1.165) is 21.4 Å². The molecule has 0 saturated carbocycles. The molecule has 2 aromatic rings. The first-order chi connectivity index (χ1) is 13.9. The van der Waals surface area contributed by atoms with Crippen molar-refractivity contribution in [2.45, 2.75) is 57.1 Å². The van der Waals surface area contributed by atoms with Crippen molar-refractivity contribution in [2.75, 3.05) is 5.75 Å². The molecule has 6 heteroatoms. The number of halogens is 1. The Hall–Kier alpha value is -1.79. The second-order valence-corrected chi connectivity index (χ2v) is 9.14. The van der Waals surface area contributed by atoms with Gasteiger partial charge < -0.3 is 10.2 Å². The molecule has 29 heavy (non-hydrogen) atoms. The number of carbonyl (C=O) groups excluding carboxylic acids is 2. The molecular formula is C23H29BrN2O2S. The predicted molar refractivity (Wildman–Crippen MR) is 124 cm³/mol. The fraction of sp³-hybridized carbons (Fsp3) is 0.391. The summed E-state index contributed by atoms with van der Waals surface area (Å²) in [5.41, 5.74) is 0.992. The summed E-state index contributed by atoms with van der Waals surface area (Å²) in [5.74, 6) is 0.552. The van der Waals surface area contributed by atoms with Crippen molar-refractivity contribution in [3.8, 4) is 0 Å². The molecule has 156 valence electrons. The summed E-state index contributed by atoms with van der Waals surface area (Å²) >= 11 is 5.13. The number of thioether (sulfide) groups is 1. The van der Waals surface area contributed by atoms with Gasteiger partial charge in [0.05, 0.1) is 0 Å². The standard InChI is InChI=1S/C23H29BrN2O2S/c1-4-17(2)25-23(28)18(3)26(16-19-9-8-10-20(24)15-19)22(27)13-14-29-21-11-6-5-7-12-21/h5-12,15,17-18H,4,13-14,16H2,1-3H3,(H,25,28)/t17-,18-/m0/s1. The number of nitrogens with one attached hydrogen (secondary N) is 1. The lowest BCUT2D eigenvalue weighted by Crippen LogP contribution is -2.49. The lowest BCUT2D eigenvalue weighted by atomic mass is 10.1. The van der Waals surface area contributed by atoms with Crippen LogP contribution < -0.4 is 5.32 Å². The number of carbonyl (C=O) groups is 2. The first kappa shape index (κ1) is 23.5. The molecule has 2 aromatic carbocycles. The van der Waals surface area contributed by atoms with Crippen LogP contribution in [0.1, 0.15) is 39.2 Å². The van der Waals surface area contributed by atoms with E-state index in [4.69, 9.17) is 0 Å². The van der Waals surface area contributed by atoms with E-state index >= 15 is 0 Å². The highest BCUT2D eigenvalue weighted by atomic mass is 79.9. The minimum absolute atomic E-state index is 0.0137. The lowest BCUT2D eigenvalue weighted by molar-refractivity contribution is -0.140. The monoisotopic (exact) mass is 476 g/mol. The van der Waals surface area contributed by atoms with Crippen molar-refractivity contribution in [2.24, 2.45) is 0 Å². The first-order valence-electron chi connectivity index (χ1n) is 9.92. The molecule has 0 aliphatic heterocycles. The van der Waals surface area contributed by atoms with Gasteiger partial charge in [-0.15, -0.1) is 11.8 Å². The van der Waals surface area contributed by atoms with E-state index in [0.29, 0.717) is 18.7 Å². The minimum Gasteiger partial charge on any atom is -0.352 e. The summed E-state index contributed by atoms with van der Waals surface area (Å²) in [4.78, 5) is 28.6. The third-order valence-corrected chi connectivity index (χ3v) is 6.25. The SMILES string of the molecule is CC[C@H](C)NC(=O)[C@H](C)N(Cc1cccc(Br)c1)C(=O)CCSc1ccccc1. The Kier molecular flexibility index (Phi) is 9.74. The Morgan fingerprint density at radius 2 is 1.83 bits per heavy atom. The molecule has 2 amide bonds. The average molecular weight is 477 g/mol. The molecule has 0 spiro atoms. The van der Waals surface area contributed by atoms with E-state index in [1.807, 2.05) is 68.4 Å². The Morgan fingerprint density at radius 3 is 2.48 bits per heavy atom. The quantitative estimate of drug-likeness (QED) is 0.475. The smallest absolute Gasteiger partial charge is 0.242 e. The molecule has 0 aromatic heterocycles. The molecule has 1 N–H and O–H groups in total. The highest BCUT2D eigenvalue weighted by Crippen LogP contribution is 2.20. The second-order valence-electron chi connectivity index (χ2n) is 7.06. The summed E-state index contributed by atoms with van der Waals surface area (Å²) in [5, 5.41) is 3.00. The van der Waals surface area contributed by atoms with E-state index in [9.17, 15) is 9.59 Å². The van der Waals surface area contributed by atoms with Crippen molar-refractivity contribution in [3.63, 3.8) is 0 Å². The van der Waals surface area contributed by atoms with Crippen LogP contribution in [0.4, 0.5) is 0 Å². The van der Waals surface area contributed by atoms with Crippen LogP contribution in [0.2, 0.25) is 0 Å². The molecule has 0 fully saturated rings. The zero-order chi connectivity index (χ0) is 21.2. The van der Waals surface area contributed by atoms with E-state index in [1.54, 1.807) is 23.6 Å². The van der Waals surface area contributed by atoms with Crippen molar-refractivity contribution in [3.05, 3.63) is 64.6 Å². The van der Waals surface area contributed by atoms with E-state index < -0.39 is 6.04 Å². The third kappa shape index (κ3) is 7.86. The van der Waals surface area contributed by atoms with Crippen LogP contribution >= 0.6 is 27.7 Å². The molecule has 0 heterocycles. The number of amides is 2. The summed E-state index contributed by atoms with van der Waals surface area (Å²) in [6, 6.07) is 17.4. The Bertz CT molecular complexity index is 800. The van der Waals surface area contributed by atoms with Gasteiger partial charge in [0.2, 0.25) is 11.8 Å². The lowest BCUT2D eigenvalue weighted by Gasteiger charge is -2.29. The number of benzene rings is 2. The fourth-order valence-corrected chi connectivity index (χ4v) is 4.11. The highest BCUT2D eigenvalue weighted by Gasteiger charge is 2.26. The van der Waals surface area contributed by atoms with Crippen LogP contribution in [0, 0.1) is 0 Å². The van der Waals surface area contributed by atoms with E-state index in [-0.39, 0.29) is 17.9 Å². The molecule has 0 saturated heterocycles. The Balaban J connectivity index is 2.07. The molecule has 0 aliphatic rings. The number of hydrogen-bond donors (Lipinski definition) is 1. The first-order valence-corrected chi connectivity index (χ1v) is 11.7. The van der Waals surface area contributed by atoms with Gasteiger partial charge in [-0.05, 0) is 50.1 Å². The minimum atomic E-state index is -0.530. The largest absolute Gasteiger partial charge is 0.352 e. The van der Waals surface area contributed by atoms with Gasteiger partial charge in [0.15, 0.2) is 0 Å². The maximum Gasteiger partial charge on any atom is 0.242 e. The van der Waals surface area contributed by atoms with E-state index in [1.165, 1.54) is 0 Å². The molecule has 4 nitrogen and oxygen atoms in total. The normalized spacial score (nSPS) is 12.8. The summed E-state index contributed by atoms with van der Waals surface area (Å²) in [7, 11) is 0. The van der Waals surface area contributed by atoms with Gasteiger partial charge in [0.1, 0.15) is 6.04 Å². The highest BCUT2D eigenvalue weighted by molar-refractivity contribution is 9.10. The van der Waals surface area contributed by atoms with Crippen LogP contribution in [0.25, 0.3) is 0 Å². The van der Waals surface area contributed by atoms with Crippen LogP contribution in [0.15, 0.2) is 64.0 Å². The molecule has 0 unspecified atom stereocenters. The van der Waals surface area contributed by atoms with Gasteiger partial charge in [-0.3, -0.25) is 9.59 Å². The van der Waals surface area contributed by atoms with Crippen molar-refractivity contribution in [1.82, 2.24) is 10.2 Å². The molecule has 0 aliphatic carbocycles. The van der Waals surface area contributed by atoms with Crippen LogP contribution in [-0.4, -0.2) is 34.6 Å². The van der Waals surface area contributed by atoms with Crippen LogP contribution in [0.3, 0.4) is 0 Å². The summed E-state index contributed by atoms with van der Waals surface area (Å²) in [6.07, 6.45) is 1.24. The predicted octanol–water partition coefficient (Wildman–Crippen LogP) is 5.26. The number of hydrogen-bond acceptors (Lipinski definition) is 3. The second kappa shape index (κ2) is 12.0. The maximum atomic E-state index is 13.0. The zero-order valence-electron chi connectivity index (χ0n) is 17.2. The van der Waals surface area contributed by atoms with Crippen molar-refractivity contribution < 1.29 is 9.59 Å². The topological polar surface area (TPSA) is 49.4 Å². The summed E-state index contributed by atoms with van der Waals surface area (Å²) in [6.45, 7) is 6.21. The third-order valence-electron chi connectivity index (χ3n) is 4.74. The van der Waals surface area contributed by atoms with Gasteiger partial charge in [-0.2, -0.15) is 0 Å².